The van der Waals surface area contributed by atoms with Crippen molar-refractivity contribution in [2.24, 2.45) is 0 Å². The first kappa shape index (κ1) is 14.9. The first-order chi connectivity index (χ1) is 9.69. The van der Waals surface area contributed by atoms with E-state index in [-0.39, 0.29) is 5.82 Å². The fraction of sp³-hybridized carbons (Fsp3) is 0.286. The van der Waals surface area contributed by atoms with Gasteiger partial charge in [-0.25, -0.2) is 4.39 Å². The van der Waals surface area contributed by atoms with E-state index in [1.165, 1.54) is 18.2 Å². The van der Waals surface area contributed by atoms with E-state index in [0.29, 0.717) is 22.6 Å². The Balaban J connectivity index is 1.99. The maximum Gasteiger partial charge on any atom is 0.238 e. The SMILES string of the molecule is CCCNCc1ccc(Oc2ccc(F)cc2Br)nn1. The van der Waals surface area contributed by atoms with Gasteiger partial charge in [0.05, 0.1) is 10.2 Å². The number of nitrogens with one attached hydrogen (secondary N) is 1. The van der Waals surface area contributed by atoms with Gasteiger partial charge in [0.1, 0.15) is 11.6 Å². The molecule has 0 aliphatic heterocycles. The molecule has 1 aromatic heterocycles. The average molecular weight is 340 g/mol. The molecule has 1 aromatic carbocycles. The highest BCUT2D eigenvalue weighted by Gasteiger charge is 2.05. The maximum absolute atomic E-state index is 13.0. The summed E-state index contributed by atoms with van der Waals surface area (Å²) in [6, 6.07) is 7.80. The second-order valence-electron chi connectivity index (χ2n) is 4.22. The third kappa shape index (κ3) is 4.25. The van der Waals surface area contributed by atoms with Crippen molar-refractivity contribution in [2.75, 3.05) is 6.54 Å². The van der Waals surface area contributed by atoms with Gasteiger partial charge in [-0.05, 0) is 53.2 Å². The third-order valence-corrected chi connectivity index (χ3v) is 3.16. The number of nitrogens with zero attached hydrogens (tertiary/aromatic N) is 2. The van der Waals surface area contributed by atoms with Crippen molar-refractivity contribution in [3.63, 3.8) is 0 Å². The molecule has 0 unspecified atom stereocenters. The van der Waals surface area contributed by atoms with E-state index < -0.39 is 0 Å². The lowest BCUT2D eigenvalue weighted by atomic mass is 10.3. The highest BCUT2D eigenvalue weighted by Crippen LogP contribution is 2.28. The van der Waals surface area contributed by atoms with Crippen LogP contribution in [0.1, 0.15) is 19.0 Å². The van der Waals surface area contributed by atoms with Gasteiger partial charge in [-0.1, -0.05) is 6.92 Å². The summed E-state index contributed by atoms with van der Waals surface area (Å²) >= 11 is 3.24. The van der Waals surface area contributed by atoms with Gasteiger partial charge in [-0.3, -0.25) is 0 Å². The molecule has 1 heterocycles. The molecule has 0 saturated heterocycles. The van der Waals surface area contributed by atoms with E-state index >= 15 is 0 Å². The van der Waals surface area contributed by atoms with Crippen LogP contribution in [0.15, 0.2) is 34.8 Å². The molecule has 4 nitrogen and oxygen atoms in total. The fourth-order valence-corrected chi connectivity index (χ4v) is 1.99. The molecular formula is C14H15BrFN3O. The molecule has 0 atom stereocenters. The summed E-state index contributed by atoms with van der Waals surface area (Å²) in [5.74, 6) is 0.543. The van der Waals surface area contributed by atoms with Crippen molar-refractivity contribution in [2.45, 2.75) is 19.9 Å². The minimum atomic E-state index is -0.326. The summed E-state index contributed by atoms with van der Waals surface area (Å²) in [5, 5.41) is 11.3. The Hall–Kier alpha value is -1.53. The van der Waals surface area contributed by atoms with E-state index in [2.05, 4.69) is 38.4 Å². The van der Waals surface area contributed by atoms with Crippen molar-refractivity contribution >= 4 is 15.9 Å². The third-order valence-electron chi connectivity index (χ3n) is 2.54. The molecule has 1 N–H and O–H groups in total. The Morgan fingerprint density at radius 3 is 2.75 bits per heavy atom. The van der Waals surface area contributed by atoms with Crippen molar-refractivity contribution in [3.8, 4) is 11.6 Å². The number of halogens is 2. The van der Waals surface area contributed by atoms with Gasteiger partial charge in [-0.2, -0.15) is 5.10 Å². The highest BCUT2D eigenvalue weighted by atomic mass is 79.9. The molecule has 0 fully saturated rings. The van der Waals surface area contributed by atoms with Gasteiger partial charge in [-0.15, -0.1) is 5.10 Å². The van der Waals surface area contributed by atoms with E-state index in [1.807, 2.05) is 6.07 Å². The summed E-state index contributed by atoms with van der Waals surface area (Å²) in [6.07, 6.45) is 1.08. The summed E-state index contributed by atoms with van der Waals surface area (Å²) < 4.78 is 19.0. The zero-order valence-electron chi connectivity index (χ0n) is 11.1. The maximum atomic E-state index is 13.0. The largest absolute Gasteiger partial charge is 0.436 e. The Morgan fingerprint density at radius 2 is 2.10 bits per heavy atom. The highest BCUT2D eigenvalue weighted by molar-refractivity contribution is 9.10. The van der Waals surface area contributed by atoms with E-state index in [0.717, 1.165) is 18.7 Å². The number of hydrogen-bond donors (Lipinski definition) is 1. The molecule has 0 aliphatic carbocycles. The van der Waals surface area contributed by atoms with Gasteiger partial charge in [0, 0.05) is 12.6 Å². The molecule has 2 aromatic rings. The quantitative estimate of drug-likeness (QED) is 0.815. The normalized spacial score (nSPS) is 10.6. The van der Waals surface area contributed by atoms with Crippen LogP contribution in [0.3, 0.4) is 0 Å². The van der Waals surface area contributed by atoms with Crippen molar-refractivity contribution in [3.05, 3.63) is 46.3 Å². The van der Waals surface area contributed by atoms with E-state index in [4.69, 9.17) is 4.74 Å². The van der Waals surface area contributed by atoms with Crippen LogP contribution in [-0.4, -0.2) is 16.7 Å². The summed E-state index contributed by atoms with van der Waals surface area (Å²) in [6.45, 7) is 3.74. The van der Waals surface area contributed by atoms with Crippen LogP contribution in [0.2, 0.25) is 0 Å². The Morgan fingerprint density at radius 1 is 1.25 bits per heavy atom. The van der Waals surface area contributed by atoms with Gasteiger partial charge in [0.25, 0.3) is 0 Å². The predicted molar refractivity (Wildman–Crippen MR) is 78.2 cm³/mol. The van der Waals surface area contributed by atoms with Gasteiger partial charge < -0.3 is 10.1 Å². The summed E-state index contributed by atoms with van der Waals surface area (Å²) in [4.78, 5) is 0. The minimum absolute atomic E-state index is 0.326. The van der Waals surface area contributed by atoms with Crippen LogP contribution in [-0.2, 0) is 6.54 Å². The lowest BCUT2D eigenvalue weighted by molar-refractivity contribution is 0.449. The second kappa shape index (κ2) is 7.31. The fourth-order valence-electron chi connectivity index (χ4n) is 1.56. The topological polar surface area (TPSA) is 47.0 Å². The molecule has 0 bridgehead atoms. The van der Waals surface area contributed by atoms with Gasteiger partial charge in [0.15, 0.2) is 0 Å². The van der Waals surface area contributed by atoms with Crippen molar-refractivity contribution < 1.29 is 9.13 Å². The first-order valence-electron chi connectivity index (χ1n) is 6.35. The number of aromatic nitrogens is 2. The Kier molecular flexibility index (Phi) is 5.43. The molecule has 20 heavy (non-hydrogen) atoms. The molecule has 0 amide bonds. The molecule has 6 heteroatoms. The molecule has 0 radical (unpaired) electrons. The Labute approximate surface area is 125 Å². The van der Waals surface area contributed by atoms with Crippen LogP contribution in [0.4, 0.5) is 4.39 Å². The van der Waals surface area contributed by atoms with E-state index in [9.17, 15) is 4.39 Å². The Bertz CT molecular complexity index is 563. The first-order valence-corrected chi connectivity index (χ1v) is 7.14. The molecule has 106 valence electrons. The van der Waals surface area contributed by atoms with Gasteiger partial charge >= 0.3 is 0 Å². The van der Waals surface area contributed by atoms with Crippen LogP contribution in [0, 0.1) is 5.82 Å². The molecule has 0 aliphatic rings. The number of ether oxygens (including phenoxy) is 1. The second-order valence-corrected chi connectivity index (χ2v) is 5.07. The zero-order chi connectivity index (χ0) is 14.4. The number of rotatable bonds is 6. The smallest absolute Gasteiger partial charge is 0.238 e. The van der Waals surface area contributed by atoms with Crippen molar-refractivity contribution in [1.82, 2.24) is 15.5 Å². The molecular weight excluding hydrogens is 325 g/mol. The van der Waals surface area contributed by atoms with Gasteiger partial charge in [0.2, 0.25) is 5.88 Å². The number of benzene rings is 1. The summed E-state index contributed by atoms with van der Waals surface area (Å²) in [7, 11) is 0. The monoisotopic (exact) mass is 339 g/mol. The zero-order valence-corrected chi connectivity index (χ0v) is 12.7. The average Bonchev–Trinajstić information content (AvgIpc) is 2.44. The standard InChI is InChI=1S/C14H15BrFN3O/c1-2-7-17-9-11-4-6-14(19-18-11)20-13-5-3-10(16)8-12(13)15/h3-6,8,17H,2,7,9H2,1H3. The lowest BCUT2D eigenvalue weighted by Crippen LogP contribution is -2.15. The lowest BCUT2D eigenvalue weighted by Gasteiger charge is -2.07. The van der Waals surface area contributed by atoms with Crippen LogP contribution >= 0.6 is 15.9 Å². The predicted octanol–water partition coefficient (Wildman–Crippen LogP) is 3.67. The summed E-state index contributed by atoms with van der Waals surface area (Å²) in [5.41, 5.74) is 0.851. The van der Waals surface area contributed by atoms with Crippen LogP contribution < -0.4 is 10.1 Å². The molecule has 0 spiro atoms. The van der Waals surface area contributed by atoms with Crippen LogP contribution in [0.5, 0.6) is 11.6 Å². The number of hydrogen-bond acceptors (Lipinski definition) is 4. The molecule has 0 saturated carbocycles. The minimum Gasteiger partial charge on any atom is -0.436 e. The van der Waals surface area contributed by atoms with E-state index in [1.54, 1.807) is 6.07 Å². The van der Waals surface area contributed by atoms with Crippen LogP contribution in [0.25, 0.3) is 0 Å². The van der Waals surface area contributed by atoms with Crippen molar-refractivity contribution in [1.29, 1.82) is 0 Å². The molecule has 2 rings (SSSR count).